The molecule has 0 aliphatic carbocycles. The van der Waals surface area contributed by atoms with Gasteiger partial charge in [0.05, 0.1) is 12.1 Å². The second-order valence-corrected chi connectivity index (χ2v) is 7.57. The van der Waals surface area contributed by atoms with Crippen molar-refractivity contribution >= 4 is 34.5 Å². The Bertz CT molecular complexity index is 852. The van der Waals surface area contributed by atoms with Gasteiger partial charge < -0.3 is 32.6 Å². The van der Waals surface area contributed by atoms with Crippen LogP contribution < -0.4 is 27.8 Å². The van der Waals surface area contributed by atoms with Crippen LogP contribution in [0, 0.1) is 0 Å². The SMILES string of the molecule is C[C@H](NC(=O)[C@H](N)Cc1ccccc1)C(=O)N[C@H](C=O)CCCN=C(N)N.O=S(=O)(O)O. The lowest BCUT2D eigenvalue weighted by Gasteiger charge is -2.19. The second-order valence-electron chi connectivity index (χ2n) is 6.67. The molecule has 0 bridgehead atoms. The minimum absolute atomic E-state index is 0.0233. The quantitative estimate of drug-likeness (QED) is 0.0620. The zero-order valence-corrected chi connectivity index (χ0v) is 18.4. The highest BCUT2D eigenvalue weighted by atomic mass is 32.3. The lowest BCUT2D eigenvalue weighted by Crippen LogP contribution is -2.52. The monoisotopic (exact) mass is 474 g/mol. The molecule has 0 spiro atoms. The Morgan fingerprint density at radius 3 is 2.19 bits per heavy atom. The molecule has 2 amide bonds. The Balaban J connectivity index is 0.00000172. The van der Waals surface area contributed by atoms with Crippen LogP contribution in [0.25, 0.3) is 0 Å². The molecule has 0 fully saturated rings. The van der Waals surface area contributed by atoms with Gasteiger partial charge in [0.1, 0.15) is 12.3 Å². The van der Waals surface area contributed by atoms with E-state index in [0.29, 0.717) is 32.1 Å². The molecule has 14 heteroatoms. The van der Waals surface area contributed by atoms with Crippen molar-refractivity contribution in [2.24, 2.45) is 22.2 Å². The number of benzene rings is 1. The van der Waals surface area contributed by atoms with E-state index in [1.54, 1.807) is 0 Å². The van der Waals surface area contributed by atoms with E-state index in [0.717, 1.165) is 5.56 Å². The number of aldehydes is 1. The molecule has 1 aromatic carbocycles. The molecule has 0 radical (unpaired) electrons. The first-order chi connectivity index (χ1) is 14.8. The van der Waals surface area contributed by atoms with Crippen LogP contribution in [-0.2, 0) is 31.2 Å². The first kappa shape index (κ1) is 28.9. The highest BCUT2D eigenvalue weighted by Crippen LogP contribution is 2.02. The Hall–Kier alpha value is -3.07. The molecule has 0 heterocycles. The lowest BCUT2D eigenvalue weighted by atomic mass is 10.1. The summed E-state index contributed by atoms with van der Waals surface area (Å²) < 4.78 is 31.6. The normalized spacial score (nSPS) is 13.4. The van der Waals surface area contributed by atoms with Gasteiger partial charge >= 0.3 is 10.4 Å². The molecule has 0 unspecified atom stereocenters. The number of rotatable bonds is 11. The van der Waals surface area contributed by atoms with E-state index in [1.165, 1.54) is 6.92 Å². The van der Waals surface area contributed by atoms with Gasteiger partial charge in [-0.2, -0.15) is 8.42 Å². The van der Waals surface area contributed by atoms with Crippen LogP contribution in [0.2, 0.25) is 0 Å². The standard InChI is InChI=1S/C18H28N6O3.H2O4S/c1-12(16(26)24-14(11-25)8-5-9-22-18(20)21)23-17(27)15(19)10-13-6-3-2-4-7-13;1-5(2,3)4/h2-4,6-7,11-12,14-15H,5,8-10,19H2,1H3,(H,23,27)(H,24,26)(H4,20,21,22);(H2,1,2,3,4)/t12-,14-,15+;/m0./s1. The zero-order valence-electron chi connectivity index (χ0n) is 17.5. The van der Waals surface area contributed by atoms with Crippen molar-refractivity contribution in [2.75, 3.05) is 6.54 Å². The Morgan fingerprint density at radius 2 is 1.69 bits per heavy atom. The average Bonchev–Trinajstić information content (AvgIpc) is 2.69. The number of nitrogens with one attached hydrogen (secondary N) is 2. The van der Waals surface area contributed by atoms with Gasteiger partial charge in [0.25, 0.3) is 0 Å². The second kappa shape index (κ2) is 14.9. The van der Waals surface area contributed by atoms with Gasteiger partial charge in [-0.25, -0.2) is 0 Å². The number of aliphatic imine (C=N–C) groups is 1. The van der Waals surface area contributed by atoms with Crippen molar-refractivity contribution in [1.82, 2.24) is 10.6 Å². The summed E-state index contributed by atoms with van der Waals surface area (Å²) in [4.78, 5) is 39.3. The minimum atomic E-state index is -4.67. The van der Waals surface area contributed by atoms with Gasteiger partial charge in [-0.05, 0) is 31.7 Å². The van der Waals surface area contributed by atoms with Crippen molar-refractivity contribution in [3.05, 3.63) is 35.9 Å². The first-order valence-corrected chi connectivity index (χ1v) is 10.8. The number of carbonyl (C=O) groups is 3. The molecule has 0 aliphatic rings. The number of hydrogen-bond acceptors (Lipinski definition) is 7. The van der Waals surface area contributed by atoms with E-state index in [1.807, 2.05) is 30.3 Å². The van der Waals surface area contributed by atoms with Crippen LogP contribution in [0.3, 0.4) is 0 Å². The topological polar surface area (TPSA) is 240 Å². The van der Waals surface area contributed by atoms with Crippen molar-refractivity contribution in [2.45, 2.75) is 44.3 Å². The molecular formula is C18H30N6O7S. The number of carbonyl (C=O) groups excluding carboxylic acids is 3. The summed E-state index contributed by atoms with van der Waals surface area (Å²) in [6.45, 7) is 1.90. The Labute approximate surface area is 186 Å². The predicted octanol–water partition coefficient (Wildman–Crippen LogP) is -1.85. The molecule has 10 N–H and O–H groups in total. The summed E-state index contributed by atoms with van der Waals surface area (Å²) in [5, 5.41) is 5.14. The third-order valence-corrected chi connectivity index (χ3v) is 3.85. The molecule has 1 aromatic rings. The highest BCUT2D eigenvalue weighted by molar-refractivity contribution is 7.79. The van der Waals surface area contributed by atoms with E-state index >= 15 is 0 Å². The molecule has 0 aliphatic heterocycles. The summed E-state index contributed by atoms with van der Waals surface area (Å²) in [7, 11) is -4.67. The molecular weight excluding hydrogens is 444 g/mol. The number of guanidine groups is 1. The van der Waals surface area contributed by atoms with Gasteiger partial charge in [0, 0.05) is 6.54 Å². The zero-order chi connectivity index (χ0) is 24.7. The van der Waals surface area contributed by atoms with Crippen LogP contribution >= 0.6 is 0 Å². The largest absolute Gasteiger partial charge is 0.394 e. The number of nitrogens with two attached hydrogens (primary N) is 3. The summed E-state index contributed by atoms with van der Waals surface area (Å²) in [6, 6.07) is 7.08. The van der Waals surface area contributed by atoms with Crippen LogP contribution in [0.15, 0.2) is 35.3 Å². The smallest absolute Gasteiger partial charge is 0.370 e. The van der Waals surface area contributed by atoms with Gasteiger partial charge in [0.15, 0.2) is 5.96 Å². The maximum absolute atomic E-state index is 12.2. The number of amides is 2. The van der Waals surface area contributed by atoms with Crippen molar-refractivity contribution in [3.63, 3.8) is 0 Å². The van der Waals surface area contributed by atoms with Crippen LogP contribution in [0.1, 0.15) is 25.3 Å². The molecule has 0 saturated heterocycles. The van der Waals surface area contributed by atoms with Gasteiger partial charge in [0.2, 0.25) is 11.8 Å². The molecule has 0 saturated carbocycles. The van der Waals surface area contributed by atoms with Gasteiger partial charge in [-0.1, -0.05) is 30.3 Å². The fourth-order valence-corrected chi connectivity index (χ4v) is 2.35. The Morgan fingerprint density at radius 1 is 1.12 bits per heavy atom. The summed E-state index contributed by atoms with van der Waals surface area (Å²) in [6.07, 6.45) is 1.93. The van der Waals surface area contributed by atoms with Crippen LogP contribution in [-0.4, -0.2) is 66.3 Å². The van der Waals surface area contributed by atoms with E-state index in [-0.39, 0.29) is 5.96 Å². The third kappa shape index (κ3) is 15.7. The van der Waals surface area contributed by atoms with Gasteiger partial charge in [-0.15, -0.1) is 0 Å². The first-order valence-electron chi connectivity index (χ1n) is 9.44. The van der Waals surface area contributed by atoms with Crippen molar-refractivity contribution in [3.8, 4) is 0 Å². The molecule has 1 rings (SSSR count). The fourth-order valence-electron chi connectivity index (χ4n) is 2.35. The molecule has 32 heavy (non-hydrogen) atoms. The maximum atomic E-state index is 12.2. The summed E-state index contributed by atoms with van der Waals surface area (Å²) in [5.41, 5.74) is 17.3. The predicted molar refractivity (Wildman–Crippen MR) is 118 cm³/mol. The average molecular weight is 475 g/mol. The third-order valence-electron chi connectivity index (χ3n) is 3.85. The molecule has 180 valence electrons. The van der Waals surface area contributed by atoms with E-state index in [9.17, 15) is 14.4 Å². The summed E-state index contributed by atoms with van der Waals surface area (Å²) >= 11 is 0. The van der Waals surface area contributed by atoms with E-state index in [2.05, 4.69) is 15.6 Å². The lowest BCUT2D eigenvalue weighted by molar-refractivity contribution is -0.130. The minimum Gasteiger partial charge on any atom is -0.370 e. The van der Waals surface area contributed by atoms with E-state index < -0.39 is 40.3 Å². The van der Waals surface area contributed by atoms with Gasteiger partial charge in [-0.3, -0.25) is 23.7 Å². The highest BCUT2D eigenvalue weighted by Gasteiger charge is 2.22. The van der Waals surface area contributed by atoms with Crippen molar-refractivity contribution < 1.29 is 31.9 Å². The number of nitrogens with zero attached hydrogens (tertiary/aromatic N) is 1. The summed E-state index contributed by atoms with van der Waals surface area (Å²) in [5.74, 6) is -0.920. The Kier molecular flexibility index (Phi) is 13.4. The van der Waals surface area contributed by atoms with Crippen molar-refractivity contribution in [1.29, 1.82) is 0 Å². The number of hydrogen-bond donors (Lipinski definition) is 7. The molecule has 3 atom stereocenters. The molecule has 13 nitrogen and oxygen atoms in total. The van der Waals surface area contributed by atoms with E-state index in [4.69, 9.17) is 34.7 Å². The van der Waals surface area contributed by atoms with Crippen LogP contribution in [0.5, 0.6) is 0 Å². The van der Waals surface area contributed by atoms with Crippen LogP contribution in [0.4, 0.5) is 0 Å². The fraction of sp³-hybridized carbons (Fsp3) is 0.444. The molecule has 0 aromatic heterocycles. The maximum Gasteiger partial charge on any atom is 0.394 e.